The van der Waals surface area contributed by atoms with E-state index in [9.17, 15) is 0 Å². The molecule has 17 heavy (non-hydrogen) atoms. The van der Waals surface area contributed by atoms with Crippen LogP contribution in [0.3, 0.4) is 0 Å². The summed E-state index contributed by atoms with van der Waals surface area (Å²) in [6, 6.07) is 9.07. The van der Waals surface area contributed by atoms with Crippen molar-refractivity contribution in [2.24, 2.45) is 11.1 Å². The summed E-state index contributed by atoms with van der Waals surface area (Å²) in [7, 11) is 0. The van der Waals surface area contributed by atoms with Crippen LogP contribution in [0.5, 0.6) is 0 Å². The number of rotatable bonds is 2. The van der Waals surface area contributed by atoms with Crippen LogP contribution in [0.25, 0.3) is 5.57 Å². The number of allylic oxidation sites excluding steroid dienone is 1. The molecule has 1 nitrogen and oxygen atoms in total. The Morgan fingerprint density at radius 3 is 2.76 bits per heavy atom. The Labute approximate surface area is 105 Å². The summed E-state index contributed by atoms with van der Waals surface area (Å²) in [5.74, 6) is 0. The highest BCUT2D eigenvalue weighted by Crippen LogP contribution is 2.39. The Morgan fingerprint density at radius 1 is 1.35 bits per heavy atom. The van der Waals surface area contributed by atoms with Gasteiger partial charge in [-0.2, -0.15) is 0 Å². The molecule has 0 spiro atoms. The summed E-state index contributed by atoms with van der Waals surface area (Å²) in [6.45, 7) is 6.82. The summed E-state index contributed by atoms with van der Waals surface area (Å²) >= 11 is 0. The molecule has 0 aliphatic heterocycles. The summed E-state index contributed by atoms with van der Waals surface area (Å²) in [6.07, 6.45) is 5.56. The van der Waals surface area contributed by atoms with E-state index < -0.39 is 0 Å². The van der Waals surface area contributed by atoms with E-state index in [2.05, 4.69) is 51.1 Å². The molecule has 1 unspecified atom stereocenters. The molecule has 1 heteroatoms. The average Bonchev–Trinajstić information content (AvgIpc) is 2.26. The first-order valence-corrected chi connectivity index (χ1v) is 6.56. The second-order valence-corrected chi connectivity index (χ2v) is 5.95. The van der Waals surface area contributed by atoms with Crippen LogP contribution in [0.4, 0.5) is 0 Å². The van der Waals surface area contributed by atoms with Crippen LogP contribution in [0.2, 0.25) is 0 Å². The van der Waals surface area contributed by atoms with Gasteiger partial charge < -0.3 is 5.73 Å². The zero-order valence-electron chi connectivity index (χ0n) is 11.2. The van der Waals surface area contributed by atoms with Gasteiger partial charge in [0.25, 0.3) is 0 Å². The molecule has 0 amide bonds. The zero-order valence-corrected chi connectivity index (χ0v) is 11.2. The molecule has 0 bridgehead atoms. The van der Waals surface area contributed by atoms with Crippen LogP contribution in [0.1, 0.15) is 44.7 Å². The van der Waals surface area contributed by atoms with Crippen LogP contribution in [0, 0.1) is 5.41 Å². The van der Waals surface area contributed by atoms with Crippen LogP contribution in [0.15, 0.2) is 30.3 Å². The molecule has 0 heterocycles. The van der Waals surface area contributed by atoms with Gasteiger partial charge in [0.1, 0.15) is 0 Å². The summed E-state index contributed by atoms with van der Waals surface area (Å²) in [5, 5.41) is 0. The first kappa shape index (κ1) is 12.4. The van der Waals surface area contributed by atoms with Gasteiger partial charge in [-0.05, 0) is 41.4 Å². The van der Waals surface area contributed by atoms with Crippen LogP contribution in [-0.4, -0.2) is 6.04 Å². The van der Waals surface area contributed by atoms with Crippen LogP contribution in [-0.2, 0) is 6.42 Å². The minimum atomic E-state index is 0.207. The van der Waals surface area contributed by atoms with E-state index in [1.165, 1.54) is 16.7 Å². The smallest absolute Gasteiger partial charge is 0.0234 e. The van der Waals surface area contributed by atoms with Crippen molar-refractivity contribution in [3.63, 3.8) is 0 Å². The van der Waals surface area contributed by atoms with E-state index in [0.717, 1.165) is 19.3 Å². The van der Waals surface area contributed by atoms with Gasteiger partial charge in [-0.3, -0.25) is 0 Å². The molecular formula is C16H23N. The predicted octanol–water partition coefficient (Wildman–Crippen LogP) is 3.78. The Kier molecular flexibility index (Phi) is 3.39. The third-order valence-electron chi connectivity index (χ3n) is 3.58. The lowest BCUT2D eigenvalue weighted by Crippen LogP contribution is -2.30. The van der Waals surface area contributed by atoms with Crippen molar-refractivity contribution >= 4 is 5.57 Å². The second kappa shape index (κ2) is 4.66. The maximum absolute atomic E-state index is 6.13. The molecule has 2 N–H and O–H groups in total. The van der Waals surface area contributed by atoms with E-state index in [4.69, 9.17) is 5.73 Å². The average molecular weight is 229 g/mol. The lowest BCUT2D eigenvalue weighted by Gasteiger charge is -2.33. The highest BCUT2D eigenvalue weighted by atomic mass is 14.6. The molecule has 1 aliphatic carbocycles. The standard InChI is InChI=1S/C16H23N/c1-4-12-6-5-7-13(8-12)14-9-15(17)11-16(2,3)10-14/h5-9,15H,4,10-11,17H2,1-3H3. The quantitative estimate of drug-likeness (QED) is 0.820. The Balaban J connectivity index is 2.32. The third-order valence-corrected chi connectivity index (χ3v) is 3.58. The first-order valence-electron chi connectivity index (χ1n) is 6.56. The SMILES string of the molecule is CCc1cccc(C2=CC(N)CC(C)(C)C2)c1. The number of hydrogen-bond acceptors (Lipinski definition) is 1. The minimum absolute atomic E-state index is 0.207. The van der Waals surface area contributed by atoms with Crippen molar-refractivity contribution in [1.82, 2.24) is 0 Å². The number of hydrogen-bond donors (Lipinski definition) is 1. The molecule has 92 valence electrons. The van der Waals surface area contributed by atoms with Gasteiger partial charge in [0, 0.05) is 6.04 Å². The summed E-state index contributed by atoms with van der Waals surface area (Å²) in [5.41, 5.74) is 10.6. The van der Waals surface area contributed by atoms with Crippen molar-refractivity contribution in [3.05, 3.63) is 41.5 Å². The molecule has 0 aromatic heterocycles. The van der Waals surface area contributed by atoms with Gasteiger partial charge in [0.15, 0.2) is 0 Å². The number of aryl methyl sites for hydroxylation is 1. The van der Waals surface area contributed by atoms with E-state index in [0.29, 0.717) is 5.41 Å². The van der Waals surface area contributed by atoms with Gasteiger partial charge in [-0.25, -0.2) is 0 Å². The van der Waals surface area contributed by atoms with Gasteiger partial charge in [0.2, 0.25) is 0 Å². The molecule has 1 atom stereocenters. The maximum atomic E-state index is 6.13. The first-order chi connectivity index (χ1) is 8.00. The third kappa shape index (κ3) is 2.98. The van der Waals surface area contributed by atoms with Crippen molar-refractivity contribution in [2.75, 3.05) is 0 Å². The summed E-state index contributed by atoms with van der Waals surface area (Å²) < 4.78 is 0. The van der Waals surface area contributed by atoms with Crippen molar-refractivity contribution in [2.45, 2.75) is 46.1 Å². The molecule has 2 rings (SSSR count). The normalized spacial score (nSPS) is 23.3. The lowest BCUT2D eigenvalue weighted by molar-refractivity contribution is 0.319. The molecule has 0 saturated carbocycles. The fourth-order valence-electron chi connectivity index (χ4n) is 2.79. The molecule has 0 radical (unpaired) electrons. The largest absolute Gasteiger partial charge is 0.324 e. The fraction of sp³-hybridized carbons (Fsp3) is 0.500. The van der Waals surface area contributed by atoms with Crippen molar-refractivity contribution in [3.8, 4) is 0 Å². The Hall–Kier alpha value is -1.08. The lowest BCUT2D eigenvalue weighted by atomic mass is 9.74. The maximum Gasteiger partial charge on any atom is 0.0234 e. The molecule has 0 fully saturated rings. The summed E-state index contributed by atoms with van der Waals surface area (Å²) in [4.78, 5) is 0. The van der Waals surface area contributed by atoms with Gasteiger partial charge in [-0.1, -0.05) is 51.1 Å². The molecular weight excluding hydrogens is 206 g/mol. The minimum Gasteiger partial charge on any atom is -0.324 e. The molecule has 1 aromatic carbocycles. The zero-order chi connectivity index (χ0) is 12.5. The fourth-order valence-corrected chi connectivity index (χ4v) is 2.79. The molecule has 1 aromatic rings. The van der Waals surface area contributed by atoms with E-state index >= 15 is 0 Å². The van der Waals surface area contributed by atoms with Gasteiger partial charge >= 0.3 is 0 Å². The van der Waals surface area contributed by atoms with Crippen molar-refractivity contribution < 1.29 is 0 Å². The molecule has 0 saturated heterocycles. The monoisotopic (exact) mass is 229 g/mol. The Bertz CT molecular complexity index is 429. The van der Waals surface area contributed by atoms with Crippen LogP contribution >= 0.6 is 0 Å². The Morgan fingerprint density at radius 2 is 2.12 bits per heavy atom. The van der Waals surface area contributed by atoms with Gasteiger partial charge in [0.05, 0.1) is 0 Å². The van der Waals surface area contributed by atoms with Gasteiger partial charge in [-0.15, -0.1) is 0 Å². The van der Waals surface area contributed by atoms with Crippen molar-refractivity contribution in [1.29, 1.82) is 0 Å². The van der Waals surface area contributed by atoms with E-state index in [1.54, 1.807) is 0 Å². The number of nitrogens with two attached hydrogens (primary N) is 1. The second-order valence-electron chi connectivity index (χ2n) is 5.95. The predicted molar refractivity (Wildman–Crippen MR) is 74.8 cm³/mol. The highest BCUT2D eigenvalue weighted by molar-refractivity contribution is 5.68. The van der Waals surface area contributed by atoms with E-state index in [-0.39, 0.29) is 6.04 Å². The molecule has 1 aliphatic rings. The van der Waals surface area contributed by atoms with Crippen LogP contribution < -0.4 is 5.73 Å². The number of benzene rings is 1. The highest BCUT2D eigenvalue weighted by Gasteiger charge is 2.27. The topological polar surface area (TPSA) is 26.0 Å². The van der Waals surface area contributed by atoms with E-state index in [1.807, 2.05) is 0 Å².